The molecule has 3 N–H and O–H groups in total. The molecule has 0 aromatic carbocycles. The Balaban J connectivity index is 1.60. The standard InChI is InChI=1S/C27H47N3O3/c1-18-10-4-7-13-22(18)28-25(31)16-21(27(33)30-24-15-9-6-12-20(24)3)17-26(32)29-23-14-8-5-11-19(23)2/h18-24H,4-17H2,1-3H3,(H,28,31)(H,29,32)(H,30,33)/t18-,19-,20-,22+,23+,24+/m0/s1. The lowest BCUT2D eigenvalue weighted by molar-refractivity contribution is -0.135. The first-order chi connectivity index (χ1) is 15.8. The van der Waals surface area contributed by atoms with Crippen molar-refractivity contribution in [2.45, 2.75) is 129 Å². The van der Waals surface area contributed by atoms with Crippen LogP contribution in [0.2, 0.25) is 0 Å². The van der Waals surface area contributed by atoms with Crippen LogP contribution in [0.15, 0.2) is 0 Å². The van der Waals surface area contributed by atoms with E-state index in [9.17, 15) is 14.4 Å². The number of amides is 3. The lowest BCUT2D eigenvalue weighted by atomic mass is 9.84. The van der Waals surface area contributed by atoms with Crippen LogP contribution in [0.25, 0.3) is 0 Å². The van der Waals surface area contributed by atoms with Gasteiger partial charge in [0, 0.05) is 31.0 Å². The second kappa shape index (κ2) is 12.8. The van der Waals surface area contributed by atoms with Crippen LogP contribution in [0, 0.1) is 23.7 Å². The maximum Gasteiger partial charge on any atom is 0.224 e. The van der Waals surface area contributed by atoms with Gasteiger partial charge < -0.3 is 16.0 Å². The topological polar surface area (TPSA) is 87.3 Å². The van der Waals surface area contributed by atoms with Gasteiger partial charge in [-0.05, 0) is 56.3 Å². The van der Waals surface area contributed by atoms with Crippen LogP contribution in [0.4, 0.5) is 0 Å². The van der Waals surface area contributed by atoms with Crippen LogP contribution in [0.5, 0.6) is 0 Å². The fraction of sp³-hybridized carbons (Fsp3) is 0.889. The minimum Gasteiger partial charge on any atom is -0.353 e. The molecule has 6 heteroatoms. The third-order valence-electron chi connectivity index (χ3n) is 8.59. The maximum atomic E-state index is 13.3. The van der Waals surface area contributed by atoms with Crippen LogP contribution < -0.4 is 16.0 Å². The Morgan fingerprint density at radius 1 is 0.576 bits per heavy atom. The average molecular weight is 462 g/mol. The summed E-state index contributed by atoms with van der Waals surface area (Å²) in [5.41, 5.74) is 0. The highest BCUT2D eigenvalue weighted by molar-refractivity contribution is 5.90. The first-order valence-electron chi connectivity index (χ1n) is 13.7. The minimum absolute atomic E-state index is 0.0871. The van der Waals surface area contributed by atoms with E-state index in [2.05, 4.69) is 36.7 Å². The van der Waals surface area contributed by atoms with Gasteiger partial charge in [-0.25, -0.2) is 0 Å². The van der Waals surface area contributed by atoms with Crippen molar-refractivity contribution >= 4 is 17.7 Å². The van der Waals surface area contributed by atoms with Crippen molar-refractivity contribution in [1.29, 1.82) is 0 Å². The molecule has 3 rings (SSSR count). The summed E-state index contributed by atoms with van der Waals surface area (Å²) in [5, 5.41) is 9.56. The summed E-state index contributed by atoms with van der Waals surface area (Å²) in [6.07, 6.45) is 13.6. The van der Waals surface area contributed by atoms with Gasteiger partial charge in [-0.3, -0.25) is 14.4 Å². The molecule has 0 heterocycles. The molecule has 3 fully saturated rings. The monoisotopic (exact) mass is 461 g/mol. The van der Waals surface area contributed by atoms with Gasteiger partial charge in [-0.1, -0.05) is 59.3 Å². The Bertz CT molecular complexity index is 629. The molecule has 6 nitrogen and oxygen atoms in total. The van der Waals surface area contributed by atoms with E-state index in [0.29, 0.717) is 17.8 Å². The van der Waals surface area contributed by atoms with Crippen molar-refractivity contribution < 1.29 is 14.4 Å². The van der Waals surface area contributed by atoms with Gasteiger partial charge in [-0.15, -0.1) is 0 Å². The zero-order valence-corrected chi connectivity index (χ0v) is 21.2. The molecule has 0 aromatic rings. The SMILES string of the molecule is C[C@H]1CCCC[C@H]1NC(=O)CC(CC(=O)N[C@@H]1CCCC[C@@H]1C)C(=O)N[C@@H]1CCCC[C@@H]1C. The molecule has 33 heavy (non-hydrogen) atoms. The van der Waals surface area contributed by atoms with Crippen molar-refractivity contribution in [3.63, 3.8) is 0 Å². The van der Waals surface area contributed by atoms with Crippen molar-refractivity contribution in [3.8, 4) is 0 Å². The second-order valence-corrected chi connectivity index (χ2v) is 11.4. The Morgan fingerprint density at radius 2 is 0.909 bits per heavy atom. The van der Waals surface area contributed by atoms with Gasteiger partial charge in [0.1, 0.15) is 0 Å². The molecule has 3 saturated carbocycles. The number of hydrogen-bond acceptors (Lipinski definition) is 3. The number of carbonyl (C=O) groups is 3. The van der Waals surface area contributed by atoms with Gasteiger partial charge in [0.05, 0.1) is 5.92 Å². The Labute approximate surface area is 200 Å². The average Bonchev–Trinajstić information content (AvgIpc) is 2.78. The molecule has 0 aliphatic heterocycles. The molecule has 6 atom stereocenters. The summed E-state index contributed by atoms with van der Waals surface area (Å²) in [7, 11) is 0. The van der Waals surface area contributed by atoms with Crippen LogP contribution >= 0.6 is 0 Å². The third-order valence-corrected chi connectivity index (χ3v) is 8.59. The molecule has 0 bridgehead atoms. The van der Waals surface area contributed by atoms with E-state index in [1.807, 2.05) is 0 Å². The normalized spacial score (nSPS) is 32.7. The highest BCUT2D eigenvalue weighted by Crippen LogP contribution is 2.27. The number of nitrogens with one attached hydrogen (secondary N) is 3. The predicted octanol–water partition coefficient (Wildman–Crippen LogP) is 4.47. The van der Waals surface area contributed by atoms with Crippen molar-refractivity contribution in [3.05, 3.63) is 0 Å². The van der Waals surface area contributed by atoms with Crippen molar-refractivity contribution in [1.82, 2.24) is 16.0 Å². The van der Waals surface area contributed by atoms with Crippen LogP contribution in [0.3, 0.4) is 0 Å². The first-order valence-corrected chi connectivity index (χ1v) is 13.7. The summed E-state index contributed by atoms with van der Waals surface area (Å²) in [5.74, 6) is 0.443. The molecule has 0 radical (unpaired) electrons. The van der Waals surface area contributed by atoms with Gasteiger partial charge in [-0.2, -0.15) is 0 Å². The quantitative estimate of drug-likeness (QED) is 0.498. The summed E-state index contributed by atoms with van der Waals surface area (Å²) in [6.45, 7) is 6.57. The molecule has 3 aliphatic carbocycles. The summed E-state index contributed by atoms with van der Waals surface area (Å²) >= 11 is 0. The molecule has 188 valence electrons. The van der Waals surface area contributed by atoms with E-state index < -0.39 is 5.92 Å². The number of hydrogen-bond donors (Lipinski definition) is 3. The minimum atomic E-state index is -0.614. The Morgan fingerprint density at radius 3 is 1.27 bits per heavy atom. The third kappa shape index (κ3) is 7.99. The molecule has 3 amide bonds. The molecule has 0 aromatic heterocycles. The second-order valence-electron chi connectivity index (χ2n) is 11.4. The fourth-order valence-electron chi connectivity index (χ4n) is 6.13. The van der Waals surface area contributed by atoms with Gasteiger partial charge in [0.2, 0.25) is 17.7 Å². The molecular formula is C27H47N3O3. The fourth-order valence-corrected chi connectivity index (χ4v) is 6.13. The van der Waals surface area contributed by atoms with E-state index >= 15 is 0 Å². The maximum absolute atomic E-state index is 13.3. The van der Waals surface area contributed by atoms with Crippen LogP contribution in [-0.4, -0.2) is 35.8 Å². The lowest BCUT2D eigenvalue weighted by Gasteiger charge is -2.32. The van der Waals surface area contributed by atoms with Crippen LogP contribution in [-0.2, 0) is 14.4 Å². The van der Waals surface area contributed by atoms with Crippen molar-refractivity contribution in [2.75, 3.05) is 0 Å². The molecule has 0 spiro atoms. The zero-order valence-electron chi connectivity index (χ0n) is 21.2. The summed E-state index contributed by atoms with van der Waals surface area (Å²) in [6, 6.07) is 0.520. The van der Waals surface area contributed by atoms with E-state index in [-0.39, 0.29) is 48.7 Å². The lowest BCUT2D eigenvalue weighted by Crippen LogP contribution is -2.48. The van der Waals surface area contributed by atoms with E-state index in [1.165, 1.54) is 19.3 Å². The van der Waals surface area contributed by atoms with E-state index in [4.69, 9.17) is 0 Å². The largest absolute Gasteiger partial charge is 0.353 e. The molecule has 0 saturated heterocycles. The Kier molecular flexibility index (Phi) is 10.1. The van der Waals surface area contributed by atoms with E-state index in [0.717, 1.165) is 57.8 Å². The van der Waals surface area contributed by atoms with Gasteiger partial charge in [0.15, 0.2) is 0 Å². The van der Waals surface area contributed by atoms with Gasteiger partial charge >= 0.3 is 0 Å². The highest BCUT2D eigenvalue weighted by Gasteiger charge is 2.32. The van der Waals surface area contributed by atoms with Crippen LogP contribution in [0.1, 0.15) is 111 Å². The van der Waals surface area contributed by atoms with Gasteiger partial charge in [0.25, 0.3) is 0 Å². The predicted molar refractivity (Wildman–Crippen MR) is 131 cm³/mol. The summed E-state index contributed by atoms with van der Waals surface area (Å²) in [4.78, 5) is 39.1. The molecule has 3 aliphatic rings. The van der Waals surface area contributed by atoms with Crippen molar-refractivity contribution in [2.24, 2.45) is 23.7 Å². The first kappa shape index (κ1) is 26.0. The summed E-state index contributed by atoms with van der Waals surface area (Å²) < 4.78 is 0. The number of rotatable bonds is 8. The van der Waals surface area contributed by atoms with E-state index in [1.54, 1.807) is 0 Å². The zero-order chi connectivity index (χ0) is 23.8. The Hall–Kier alpha value is -1.59. The highest BCUT2D eigenvalue weighted by atomic mass is 16.2. The smallest absolute Gasteiger partial charge is 0.224 e. The molecular weight excluding hydrogens is 414 g/mol. The number of carbonyl (C=O) groups excluding carboxylic acids is 3. The molecule has 0 unspecified atom stereocenters.